The molecule has 0 spiro atoms. The Balaban J connectivity index is 2.41. The summed E-state index contributed by atoms with van der Waals surface area (Å²) < 4.78 is 25.8. The molecule has 1 heterocycles. The standard InChI is InChI=1S/C11H9F2N3O/c12-11(13)10(17)9-8(14)6-16(15-9)7-4-2-1-3-5-7/h1-6,11H,14H2. The Morgan fingerprint density at radius 2 is 1.94 bits per heavy atom. The molecule has 0 aliphatic carbocycles. The van der Waals surface area contributed by atoms with Crippen LogP contribution in [0.1, 0.15) is 10.5 Å². The summed E-state index contributed by atoms with van der Waals surface area (Å²) in [5.74, 6) is -1.36. The number of hydrogen-bond donors (Lipinski definition) is 1. The molecule has 0 aliphatic heterocycles. The van der Waals surface area contributed by atoms with Gasteiger partial charge in [-0.25, -0.2) is 13.5 Å². The van der Waals surface area contributed by atoms with Crippen molar-refractivity contribution in [2.24, 2.45) is 0 Å². The minimum Gasteiger partial charge on any atom is -0.396 e. The maximum absolute atomic E-state index is 12.3. The molecule has 0 aliphatic rings. The molecule has 2 N–H and O–H groups in total. The molecule has 0 saturated carbocycles. The normalized spacial score (nSPS) is 10.8. The van der Waals surface area contributed by atoms with E-state index in [9.17, 15) is 13.6 Å². The fourth-order valence-corrected chi connectivity index (χ4v) is 1.40. The fourth-order valence-electron chi connectivity index (χ4n) is 1.40. The summed E-state index contributed by atoms with van der Waals surface area (Å²) in [5.41, 5.74) is 5.67. The number of carbonyl (C=O) groups excluding carboxylic acids is 1. The van der Waals surface area contributed by atoms with Gasteiger partial charge >= 0.3 is 6.43 Å². The number of alkyl halides is 2. The first-order valence-electron chi connectivity index (χ1n) is 4.82. The lowest BCUT2D eigenvalue weighted by atomic mass is 10.3. The average molecular weight is 237 g/mol. The van der Waals surface area contributed by atoms with Gasteiger partial charge in [-0.15, -0.1) is 0 Å². The maximum atomic E-state index is 12.3. The van der Waals surface area contributed by atoms with Gasteiger partial charge in [0.15, 0.2) is 5.69 Å². The van der Waals surface area contributed by atoms with Crippen LogP contribution in [-0.2, 0) is 0 Å². The molecule has 2 aromatic rings. The van der Waals surface area contributed by atoms with Crippen molar-refractivity contribution in [2.75, 3.05) is 5.73 Å². The number of rotatable bonds is 3. The van der Waals surface area contributed by atoms with E-state index < -0.39 is 17.9 Å². The molecule has 6 heteroatoms. The lowest BCUT2D eigenvalue weighted by molar-refractivity contribution is 0.0673. The second-order valence-corrected chi connectivity index (χ2v) is 3.38. The van der Waals surface area contributed by atoms with E-state index in [1.165, 1.54) is 10.9 Å². The molecule has 88 valence electrons. The number of aromatic nitrogens is 2. The summed E-state index contributed by atoms with van der Waals surface area (Å²) in [6.07, 6.45) is -1.76. The number of benzene rings is 1. The largest absolute Gasteiger partial charge is 0.396 e. The SMILES string of the molecule is Nc1cn(-c2ccccc2)nc1C(=O)C(F)F. The van der Waals surface area contributed by atoms with E-state index in [2.05, 4.69) is 5.10 Å². The average Bonchev–Trinajstić information content (AvgIpc) is 2.71. The molecule has 0 fully saturated rings. The molecule has 0 saturated heterocycles. The molecular weight excluding hydrogens is 228 g/mol. The molecule has 0 bridgehead atoms. The van der Waals surface area contributed by atoms with E-state index in [1.807, 2.05) is 6.07 Å². The van der Waals surface area contributed by atoms with E-state index in [0.29, 0.717) is 5.69 Å². The van der Waals surface area contributed by atoms with Crippen molar-refractivity contribution in [3.8, 4) is 5.69 Å². The first-order chi connectivity index (χ1) is 8.09. The third kappa shape index (κ3) is 2.15. The molecule has 17 heavy (non-hydrogen) atoms. The van der Waals surface area contributed by atoms with Crippen LogP contribution in [0.3, 0.4) is 0 Å². The van der Waals surface area contributed by atoms with Gasteiger partial charge in [-0.05, 0) is 12.1 Å². The van der Waals surface area contributed by atoms with Gasteiger partial charge in [-0.2, -0.15) is 5.10 Å². The van der Waals surface area contributed by atoms with E-state index >= 15 is 0 Å². The first kappa shape index (κ1) is 11.3. The van der Waals surface area contributed by atoms with E-state index in [4.69, 9.17) is 5.73 Å². The maximum Gasteiger partial charge on any atom is 0.302 e. The van der Waals surface area contributed by atoms with E-state index in [-0.39, 0.29) is 5.69 Å². The Bertz CT molecular complexity index is 537. The van der Waals surface area contributed by atoms with Crippen LogP contribution < -0.4 is 5.73 Å². The summed E-state index contributed by atoms with van der Waals surface area (Å²) in [6, 6.07) is 8.79. The molecule has 2 rings (SSSR count). The highest BCUT2D eigenvalue weighted by Gasteiger charge is 2.23. The van der Waals surface area contributed by atoms with Gasteiger partial charge in [0.2, 0.25) is 0 Å². The van der Waals surface area contributed by atoms with Crippen LogP contribution in [0, 0.1) is 0 Å². The topological polar surface area (TPSA) is 60.9 Å². The second-order valence-electron chi connectivity index (χ2n) is 3.38. The first-order valence-corrected chi connectivity index (χ1v) is 4.82. The summed E-state index contributed by atoms with van der Waals surface area (Å²) in [5, 5.41) is 3.76. The van der Waals surface area contributed by atoms with Gasteiger partial charge in [-0.3, -0.25) is 4.79 Å². The van der Waals surface area contributed by atoms with Gasteiger partial charge in [0.1, 0.15) is 0 Å². The van der Waals surface area contributed by atoms with Gasteiger partial charge in [0.05, 0.1) is 17.6 Å². The Morgan fingerprint density at radius 1 is 1.29 bits per heavy atom. The number of halogens is 2. The quantitative estimate of drug-likeness (QED) is 0.829. The Hall–Kier alpha value is -2.24. The van der Waals surface area contributed by atoms with Crippen molar-refractivity contribution in [3.63, 3.8) is 0 Å². The number of nitrogens with two attached hydrogens (primary N) is 1. The molecule has 0 atom stereocenters. The van der Waals surface area contributed by atoms with Crippen molar-refractivity contribution < 1.29 is 13.6 Å². The lowest BCUT2D eigenvalue weighted by Gasteiger charge is -1.99. The smallest absolute Gasteiger partial charge is 0.302 e. The Labute approximate surface area is 95.7 Å². The van der Waals surface area contributed by atoms with Gasteiger partial charge < -0.3 is 5.73 Å². The molecule has 0 radical (unpaired) electrons. The Kier molecular flexibility index (Phi) is 2.86. The Morgan fingerprint density at radius 3 is 2.53 bits per heavy atom. The molecule has 4 nitrogen and oxygen atoms in total. The third-order valence-electron chi connectivity index (χ3n) is 2.19. The highest BCUT2D eigenvalue weighted by Crippen LogP contribution is 2.16. The number of nitrogens with zero attached hydrogens (tertiary/aromatic N) is 2. The van der Waals surface area contributed by atoms with Crippen LogP contribution in [0.5, 0.6) is 0 Å². The van der Waals surface area contributed by atoms with Crippen molar-refractivity contribution in [1.29, 1.82) is 0 Å². The van der Waals surface area contributed by atoms with Crippen molar-refractivity contribution in [2.45, 2.75) is 6.43 Å². The number of carbonyl (C=O) groups is 1. The molecule has 1 aromatic carbocycles. The third-order valence-corrected chi connectivity index (χ3v) is 2.19. The molecule has 0 amide bonds. The number of nitrogen functional groups attached to an aromatic ring is 1. The molecular formula is C11H9F2N3O. The van der Waals surface area contributed by atoms with E-state index in [1.54, 1.807) is 24.3 Å². The van der Waals surface area contributed by atoms with E-state index in [0.717, 1.165) is 0 Å². The monoisotopic (exact) mass is 237 g/mol. The lowest BCUT2D eigenvalue weighted by Crippen LogP contribution is -2.13. The number of Topliss-reactive ketones (excluding diaryl/α,β-unsaturated/α-hetero) is 1. The van der Waals surface area contributed by atoms with Crippen molar-refractivity contribution >= 4 is 11.5 Å². The zero-order valence-corrected chi connectivity index (χ0v) is 8.68. The van der Waals surface area contributed by atoms with Crippen LogP contribution >= 0.6 is 0 Å². The summed E-state index contributed by atoms with van der Waals surface area (Å²) in [4.78, 5) is 11.1. The highest BCUT2D eigenvalue weighted by molar-refractivity contribution is 6.00. The van der Waals surface area contributed by atoms with Crippen molar-refractivity contribution in [1.82, 2.24) is 9.78 Å². The van der Waals surface area contributed by atoms with Gasteiger partial charge in [0.25, 0.3) is 5.78 Å². The summed E-state index contributed by atoms with van der Waals surface area (Å²) in [6.45, 7) is 0. The van der Waals surface area contributed by atoms with Gasteiger partial charge in [0, 0.05) is 0 Å². The minimum atomic E-state index is -3.10. The summed E-state index contributed by atoms with van der Waals surface area (Å²) >= 11 is 0. The van der Waals surface area contributed by atoms with Crippen LogP contribution in [0.4, 0.5) is 14.5 Å². The second kappa shape index (κ2) is 4.32. The fraction of sp³-hybridized carbons (Fsp3) is 0.0909. The predicted molar refractivity (Wildman–Crippen MR) is 58.3 cm³/mol. The van der Waals surface area contributed by atoms with Crippen LogP contribution in [0.15, 0.2) is 36.5 Å². The number of anilines is 1. The minimum absolute atomic E-state index is 0.0563. The predicted octanol–water partition coefficient (Wildman–Crippen LogP) is 1.90. The van der Waals surface area contributed by atoms with Crippen LogP contribution in [0.25, 0.3) is 5.69 Å². The molecule has 0 unspecified atom stereocenters. The van der Waals surface area contributed by atoms with Crippen LogP contribution in [0.2, 0.25) is 0 Å². The van der Waals surface area contributed by atoms with Crippen molar-refractivity contribution in [3.05, 3.63) is 42.2 Å². The number of para-hydroxylation sites is 1. The molecule has 1 aromatic heterocycles. The number of ketones is 1. The zero-order valence-electron chi connectivity index (χ0n) is 8.68. The number of hydrogen-bond acceptors (Lipinski definition) is 3. The highest BCUT2D eigenvalue weighted by atomic mass is 19.3. The summed E-state index contributed by atoms with van der Waals surface area (Å²) in [7, 11) is 0. The zero-order chi connectivity index (χ0) is 12.4. The van der Waals surface area contributed by atoms with Crippen LogP contribution in [-0.4, -0.2) is 22.0 Å². The van der Waals surface area contributed by atoms with Gasteiger partial charge in [-0.1, -0.05) is 18.2 Å².